The number of hydrogen-bond acceptors (Lipinski definition) is 30. The van der Waals surface area contributed by atoms with Gasteiger partial charge in [-0.05, 0) is 220 Å². The number of aromatic nitrogens is 8. The standard InChI is InChI=1S/C28H36N6O4.C28H36N6O3.C27H34N6O4.C26H32N6O3/c1-33-22-16-29-27(32-24(22)34(20-5-3-4-6-20)17-28(11-12-28)26(33)36)31-21-8-7-18(15-23(21)37-2)25(35)30-19-9-13-38-14-10-19;1-33-22-16-29-27(32-24(22)34(20-9-5-6-10-20)17-28(13-14-28)26(33)36)31-21-12-11-18(15-23(21)37-2)25(35)30-19-7-3-4-8-19;1-32-21-14-28-26(31-23(21)33(19-5-3-4-6-19)16-27(10-11-27)25(32)35)30-20-8-7-17(13-22(20)36-2)24(34)29-18-9-12-37-15-18;1-31-20-14-27-25(29-19-10-7-16(13-21(19)35-2)23(33)28-17-8-9-17)30-22(20)32(18-5-3-4-6-18)15-26(11-12-26)24(31)34/h7-8,15-16,19-20H,3-6,9-14,17H2,1-2H3,(H,30,35)(H,29,31,32);11-12,15-16,19-20H,3-10,13-14,17H2,1-2H3,(H,30,35)(H,29,31,32);7-8,13-14,18-19H,3-6,9-12,15-16H2,1-2H3,(H,29,34)(H,28,30,31);7,10,13-14,17-18H,3-6,8-9,11-12,15H2,1-2H3,(H,28,33)(H,27,29,30). The molecule has 4 aromatic heterocycles. The number of fused-ring (bicyclic) bond motifs is 4. The van der Waals surface area contributed by atoms with Gasteiger partial charge in [-0.1, -0.05) is 64.2 Å². The topological polar surface area (TPSA) is 417 Å². The first-order valence-corrected chi connectivity index (χ1v) is 53.3. The maximum atomic E-state index is 13.3. The van der Waals surface area contributed by atoms with E-state index in [1.165, 1.54) is 64.2 Å². The van der Waals surface area contributed by atoms with E-state index >= 15 is 0 Å². The first-order valence-electron chi connectivity index (χ1n) is 53.3. The molecule has 38 nitrogen and oxygen atoms in total. The number of hydrogen-bond donors (Lipinski definition) is 8. The fraction of sp³-hybridized carbons (Fsp3) is 0.560. The van der Waals surface area contributed by atoms with Gasteiger partial charge in [0, 0.05) is 139 Å². The van der Waals surface area contributed by atoms with Gasteiger partial charge < -0.3 is 110 Å². The molecule has 1 unspecified atom stereocenters. The zero-order chi connectivity index (χ0) is 102. The van der Waals surface area contributed by atoms with Crippen LogP contribution in [0.2, 0.25) is 0 Å². The molecule has 12 fully saturated rings. The Hall–Kier alpha value is -13.5. The minimum absolute atomic E-state index is 0.0341. The van der Waals surface area contributed by atoms with Crippen molar-refractivity contribution in [3.63, 3.8) is 0 Å². The molecule has 10 aliphatic carbocycles. The van der Waals surface area contributed by atoms with Crippen LogP contribution in [-0.4, -0.2) is 245 Å². The third-order valence-corrected chi connectivity index (χ3v) is 33.2. The summed E-state index contributed by atoms with van der Waals surface area (Å²) >= 11 is 0. The molecule has 778 valence electrons. The van der Waals surface area contributed by atoms with Crippen molar-refractivity contribution >= 4 is 140 Å². The zero-order valence-electron chi connectivity index (χ0n) is 85.7. The van der Waals surface area contributed by atoms with E-state index in [4.69, 9.17) is 48.4 Å². The van der Waals surface area contributed by atoms with Crippen molar-refractivity contribution in [3.05, 3.63) is 120 Å². The molecule has 38 heteroatoms. The van der Waals surface area contributed by atoms with E-state index in [-0.39, 0.29) is 87.0 Å². The van der Waals surface area contributed by atoms with Gasteiger partial charge in [-0.2, -0.15) is 19.9 Å². The van der Waals surface area contributed by atoms with E-state index in [0.29, 0.717) is 162 Å². The van der Waals surface area contributed by atoms with Crippen LogP contribution in [0.25, 0.3) is 0 Å². The number of amides is 8. The molecule has 0 radical (unpaired) electrons. The van der Waals surface area contributed by atoms with Crippen LogP contribution >= 0.6 is 0 Å². The second-order valence-corrected chi connectivity index (χ2v) is 43.2. The van der Waals surface area contributed by atoms with Gasteiger partial charge in [-0.15, -0.1) is 0 Å². The number of anilines is 16. The van der Waals surface area contributed by atoms with E-state index < -0.39 is 0 Å². The SMILES string of the molecule is COc1cc(C(=O)NC2CC2)ccc1Nc1ncc2c(n1)N(C1CCCC1)CC1(CC1)C(=O)N2C.COc1cc(C(=O)NC2CCCC2)ccc1Nc1ncc2c(n1)N(C1CCCC1)CC1(CC1)C(=O)N2C.COc1cc(C(=O)NC2CCOC2)ccc1Nc1ncc2c(n1)N(C1CCCC1)CC1(CC1)C(=O)N2C.COc1cc(C(=O)NC2CCOCC2)ccc1Nc1ncc2c(n1)N(C1CCCC1)CC1(CC1)C(=O)N2C. The van der Waals surface area contributed by atoms with Crippen molar-refractivity contribution in [2.45, 2.75) is 260 Å². The predicted molar refractivity (Wildman–Crippen MR) is 560 cm³/mol. The van der Waals surface area contributed by atoms with Gasteiger partial charge >= 0.3 is 0 Å². The van der Waals surface area contributed by atoms with Crippen LogP contribution in [-0.2, 0) is 28.7 Å². The number of rotatable bonds is 24. The number of nitrogens with zero attached hydrogens (tertiary/aromatic N) is 16. The number of carbonyl (C=O) groups excluding carboxylic acids is 8. The second kappa shape index (κ2) is 42.0. The Kier molecular flexibility index (Phi) is 28.4. The van der Waals surface area contributed by atoms with Crippen molar-refractivity contribution in [2.24, 2.45) is 21.7 Å². The number of nitrogens with one attached hydrogen (secondary N) is 8. The Morgan fingerprint density at radius 1 is 0.306 bits per heavy atom. The van der Waals surface area contributed by atoms with Crippen LogP contribution in [0.15, 0.2) is 97.6 Å². The van der Waals surface area contributed by atoms with Crippen LogP contribution in [0.1, 0.15) is 253 Å². The molecule has 10 saturated carbocycles. The molecular weight excluding hydrogens is 1870 g/mol. The fourth-order valence-corrected chi connectivity index (χ4v) is 23.5. The van der Waals surface area contributed by atoms with Crippen LogP contribution in [0.5, 0.6) is 23.0 Å². The highest BCUT2D eigenvalue weighted by molar-refractivity contribution is 6.07. The molecule has 147 heavy (non-hydrogen) atoms. The minimum atomic E-state index is -0.296. The lowest BCUT2D eigenvalue weighted by molar-refractivity contribution is -0.123. The van der Waals surface area contributed by atoms with Gasteiger partial charge in [0.1, 0.15) is 45.7 Å². The Labute approximate surface area is 857 Å². The molecule has 24 rings (SSSR count). The third-order valence-electron chi connectivity index (χ3n) is 33.2. The highest BCUT2D eigenvalue weighted by Crippen LogP contribution is 2.58. The zero-order valence-corrected chi connectivity index (χ0v) is 85.7. The number of carbonyl (C=O) groups is 8. The molecule has 8 amide bonds. The minimum Gasteiger partial charge on any atom is -0.495 e. The van der Waals surface area contributed by atoms with Gasteiger partial charge in [0.05, 0.1) is 110 Å². The van der Waals surface area contributed by atoms with Crippen molar-refractivity contribution in [3.8, 4) is 23.0 Å². The Balaban J connectivity index is 0.000000115. The average molecular weight is 2010 g/mol. The molecule has 8 N–H and O–H groups in total. The molecule has 16 aliphatic rings. The lowest BCUT2D eigenvalue weighted by atomic mass is 10.0. The lowest BCUT2D eigenvalue weighted by Crippen LogP contribution is -2.41. The average Bonchev–Trinajstić information content (AvgIpc) is 1.59. The summed E-state index contributed by atoms with van der Waals surface area (Å²) in [5.41, 5.74) is 6.72. The Morgan fingerprint density at radius 2 is 0.537 bits per heavy atom. The van der Waals surface area contributed by atoms with Crippen molar-refractivity contribution in [1.29, 1.82) is 0 Å². The quantitative estimate of drug-likeness (QED) is 0.0278. The van der Waals surface area contributed by atoms with Crippen LogP contribution < -0.4 is 101 Å². The van der Waals surface area contributed by atoms with Crippen LogP contribution in [0, 0.1) is 21.7 Å². The van der Waals surface area contributed by atoms with Crippen molar-refractivity contribution in [1.82, 2.24) is 61.1 Å². The highest BCUT2D eigenvalue weighted by atomic mass is 16.5. The molecule has 4 spiro atoms. The molecule has 10 heterocycles. The van der Waals surface area contributed by atoms with Gasteiger partial charge in [-0.25, -0.2) is 19.9 Å². The lowest BCUT2D eigenvalue weighted by Gasteiger charge is -2.31. The number of methoxy groups -OCH3 is 4. The first-order chi connectivity index (χ1) is 71.4. The van der Waals surface area contributed by atoms with E-state index in [9.17, 15) is 38.4 Å². The maximum Gasteiger partial charge on any atom is 0.251 e. The summed E-state index contributed by atoms with van der Waals surface area (Å²) in [6.07, 6.45) is 42.0. The normalized spacial score (nSPS) is 21.5. The summed E-state index contributed by atoms with van der Waals surface area (Å²) in [6, 6.07) is 23.6. The molecule has 0 bridgehead atoms. The van der Waals surface area contributed by atoms with Crippen LogP contribution in [0.3, 0.4) is 0 Å². The van der Waals surface area contributed by atoms with Crippen molar-refractivity contribution in [2.75, 3.05) is 170 Å². The first kappa shape index (κ1) is 99.5. The molecule has 1 atom stereocenters. The monoisotopic (exact) mass is 2010 g/mol. The fourth-order valence-electron chi connectivity index (χ4n) is 23.5. The summed E-state index contributed by atoms with van der Waals surface area (Å²) in [6.45, 7) is 5.41. The number of benzene rings is 4. The maximum absolute atomic E-state index is 13.3. The molecule has 8 aromatic rings. The molecular formula is C109H138N24O14. The molecule has 6 aliphatic heterocycles. The summed E-state index contributed by atoms with van der Waals surface area (Å²) in [5, 5.41) is 25.4. The smallest absolute Gasteiger partial charge is 0.251 e. The Bertz CT molecular complexity index is 6100. The van der Waals surface area contributed by atoms with Crippen LogP contribution in [0.4, 0.5) is 92.6 Å². The van der Waals surface area contributed by atoms with Gasteiger partial charge in [-0.3, -0.25) is 38.4 Å². The predicted octanol–water partition coefficient (Wildman–Crippen LogP) is 14.9. The van der Waals surface area contributed by atoms with E-state index in [2.05, 4.69) is 82.1 Å². The van der Waals surface area contributed by atoms with Crippen molar-refractivity contribution < 1.29 is 66.8 Å². The third kappa shape index (κ3) is 21.0. The molecule has 4 aromatic carbocycles. The highest BCUT2D eigenvalue weighted by Gasteiger charge is 2.60. The Morgan fingerprint density at radius 3 is 0.776 bits per heavy atom. The summed E-state index contributed by atoms with van der Waals surface area (Å²) in [5.74, 6) is 7.34. The van der Waals surface area contributed by atoms with E-state index in [1.807, 2.05) is 46.4 Å². The van der Waals surface area contributed by atoms with E-state index in [1.54, 1.807) is 127 Å². The summed E-state index contributed by atoms with van der Waals surface area (Å²) in [4.78, 5) is 158. The summed E-state index contributed by atoms with van der Waals surface area (Å²) < 4.78 is 33.1. The number of ether oxygens (including phenoxy) is 6. The largest absolute Gasteiger partial charge is 0.495 e. The van der Waals surface area contributed by atoms with E-state index in [0.717, 1.165) is 207 Å². The van der Waals surface area contributed by atoms with Gasteiger partial charge in [0.15, 0.2) is 23.3 Å². The second-order valence-electron chi connectivity index (χ2n) is 43.2. The van der Waals surface area contributed by atoms with Gasteiger partial charge in [0.2, 0.25) is 47.4 Å². The van der Waals surface area contributed by atoms with Gasteiger partial charge in [0.25, 0.3) is 23.6 Å². The summed E-state index contributed by atoms with van der Waals surface area (Å²) in [7, 11) is 13.7. The molecule has 2 saturated heterocycles.